The predicted octanol–water partition coefficient (Wildman–Crippen LogP) is 3.36. The molecule has 2 aromatic rings. The number of rotatable bonds is 3. The minimum atomic E-state index is -3.65. The summed E-state index contributed by atoms with van der Waals surface area (Å²) in [6.45, 7) is 1.75. The number of halogens is 2. The molecule has 102 valence electrons. The first-order valence-corrected chi connectivity index (χ1v) is 8.88. The molecule has 1 aromatic carbocycles. The molecule has 1 aromatic heterocycles. The Kier molecular flexibility index (Phi) is 4.19. The summed E-state index contributed by atoms with van der Waals surface area (Å²) in [5.74, 6) is 0. The molecule has 0 saturated heterocycles. The number of sulfonamides is 1. The van der Waals surface area contributed by atoms with Gasteiger partial charge in [0, 0.05) is 14.6 Å². The molecule has 0 atom stereocenters. The molecule has 19 heavy (non-hydrogen) atoms. The second-order valence-electron chi connectivity index (χ2n) is 3.66. The Labute approximate surface area is 131 Å². The number of nitrogens with zero attached hydrogens (tertiary/aromatic N) is 1. The van der Waals surface area contributed by atoms with Crippen molar-refractivity contribution in [2.45, 2.75) is 11.1 Å². The largest absolute Gasteiger partial charge is 0.399 e. The van der Waals surface area contributed by atoms with Crippen molar-refractivity contribution in [1.29, 1.82) is 0 Å². The Morgan fingerprint density at radius 2 is 1.89 bits per heavy atom. The van der Waals surface area contributed by atoms with Crippen LogP contribution in [-0.4, -0.2) is 13.4 Å². The highest BCUT2D eigenvalue weighted by Crippen LogP contribution is 2.35. The number of anilines is 2. The summed E-state index contributed by atoms with van der Waals surface area (Å²) in [7, 11) is -3.65. The van der Waals surface area contributed by atoms with Gasteiger partial charge in [-0.1, -0.05) is 0 Å². The molecule has 3 N–H and O–H groups in total. The number of aryl methyl sites for hydroxylation is 1. The van der Waals surface area contributed by atoms with Gasteiger partial charge < -0.3 is 5.73 Å². The standard InChI is InChI=1S/C10H9Br2N3O2S2/c1-5-14-4-9(18-5)19(16,17)15-10-7(11)2-6(13)3-8(10)12/h2-4,15H,13H2,1H3. The zero-order chi connectivity index (χ0) is 14.2. The van der Waals surface area contributed by atoms with Crippen LogP contribution in [0.15, 0.2) is 31.5 Å². The van der Waals surface area contributed by atoms with Gasteiger partial charge in [-0.05, 0) is 50.9 Å². The fourth-order valence-electron chi connectivity index (χ4n) is 1.34. The molecule has 0 radical (unpaired) electrons. The van der Waals surface area contributed by atoms with Gasteiger partial charge in [0.1, 0.15) is 0 Å². The number of hydrogen-bond acceptors (Lipinski definition) is 5. The van der Waals surface area contributed by atoms with Crippen molar-refractivity contribution < 1.29 is 8.42 Å². The van der Waals surface area contributed by atoms with Crippen molar-refractivity contribution in [3.63, 3.8) is 0 Å². The van der Waals surface area contributed by atoms with E-state index in [1.165, 1.54) is 6.20 Å². The number of nitrogens with two attached hydrogens (primary N) is 1. The number of thiazole rings is 1. The van der Waals surface area contributed by atoms with Crippen LogP contribution in [0.2, 0.25) is 0 Å². The normalized spacial score (nSPS) is 11.5. The van der Waals surface area contributed by atoms with Gasteiger partial charge in [0.15, 0.2) is 4.21 Å². The molecule has 0 aliphatic heterocycles. The highest BCUT2D eigenvalue weighted by Gasteiger charge is 2.20. The Morgan fingerprint density at radius 3 is 2.37 bits per heavy atom. The topological polar surface area (TPSA) is 85.1 Å². The fraction of sp³-hybridized carbons (Fsp3) is 0.100. The van der Waals surface area contributed by atoms with Crippen LogP contribution in [0.5, 0.6) is 0 Å². The van der Waals surface area contributed by atoms with E-state index < -0.39 is 10.0 Å². The van der Waals surface area contributed by atoms with Gasteiger partial charge in [0.2, 0.25) is 0 Å². The predicted molar refractivity (Wildman–Crippen MR) is 83.9 cm³/mol. The summed E-state index contributed by atoms with van der Waals surface area (Å²) in [5, 5.41) is 0.691. The van der Waals surface area contributed by atoms with Gasteiger partial charge >= 0.3 is 0 Å². The summed E-state index contributed by atoms with van der Waals surface area (Å²) < 4.78 is 28.2. The molecule has 0 aliphatic carbocycles. The van der Waals surface area contributed by atoms with E-state index in [-0.39, 0.29) is 4.21 Å². The molecule has 2 rings (SSSR count). The zero-order valence-electron chi connectivity index (χ0n) is 9.65. The van der Waals surface area contributed by atoms with E-state index >= 15 is 0 Å². The van der Waals surface area contributed by atoms with Gasteiger partial charge in [0.05, 0.1) is 16.9 Å². The smallest absolute Gasteiger partial charge is 0.273 e. The second-order valence-corrected chi connectivity index (χ2v) is 8.52. The van der Waals surface area contributed by atoms with E-state index in [1.807, 2.05) is 0 Å². The van der Waals surface area contributed by atoms with Crippen molar-refractivity contribution in [3.05, 3.63) is 32.3 Å². The lowest BCUT2D eigenvalue weighted by Gasteiger charge is -2.11. The molecule has 0 spiro atoms. The zero-order valence-corrected chi connectivity index (χ0v) is 14.5. The van der Waals surface area contributed by atoms with Crippen LogP contribution in [0.4, 0.5) is 11.4 Å². The van der Waals surface area contributed by atoms with E-state index in [2.05, 4.69) is 41.6 Å². The van der Waals surface area contributed by atoms with Crippen LogP contribution in [-0.2, 0) is 10.0 Å². The number of benzene rings is 1. The third-order valence-corrected chi connectivity index (χ3v) is 6.14. The Balaban J connectivity index is 2.41. The first-order chi connectivity index (χ1) is 8.79. The minimum Gasteiger partial charge on any atom is -0.399 e. The molecule has 1 heterocycles. The summed E-state index contributed by atoms with van der Waals surface area (Å²) in [6.07, 6.45) is 1.33. The lowest BCUT2D eigenvalue weighted by atomic mass is 10.3. The van der Waals surface area contributed by atoms with E-state index in [4.69, 9.17) is 5.73 Å². The van der Waals surface area contributed by atoms with E-state index in [0.29, 0.717) is 25.3 Å². The van der Waals surface area contributed by atoms with Crippen LogP contribution in [0.3, 0.4) is 0 Å². The molecule has 5 nitrogen and oxygen atoms in total. The first-order valence-electron chi connectivity index (χ1n) is 4.99. The van der Waals surface area contributed by atoms with Gasteiger partial charge in [-0.2, -0.15) is 0 Å². The molecule has 0 bridgehead atoms. The maximum atomic E-state index is 12.2. The van der Waals surface area contributed by atoms with Crippen LogP contribution in [0, 0.1) is 6.92 Å². The average molecular weight is 427 g/mol. The van der Waals surface area contributed by atoms with Gasteiger partial charge in [-0.15, -0.1) is 11.3 Å². The number of aromatic nitrogens is 1. The molecule has 0 amide bonds. The summed E-state index contributed by atoms with van der Waals surface area (Å²) in [4.78, 5) is 3.94. The quantitative estimate of drug-likeness (QED) is 0.736. The molecule has 0 saturated carbocycles. The Hall–Kier alpha value is -0.640. The van der Waals surface area contributed by atoms with Gasteiger partial charge in [-0.3, -0.25) is 4.72 Å². The van der Waals surface area contributed by atoms with Gasteiger partial charge in [0.25, 0.3) is 10.0 Å². The number of nitrogen functional groups attached to an aromatic ring is 1. The maximum Gasteiger partial charge on any atom is 0.273 e. The second kappa shape index (κ2) is 5.39. The highest BCUT2D eigenvalue weighted by molar-refractivity contribution is 9.11. The van der Waals surface area contributed by atoms with Crippen LogP contribution < -0.4 is 10.5 Å². The van der Waals surface area contributed by atoms with Gasteiger partial charge in [-0.25, -0.2) is 13.4 Å². The molecule has 9 heteroatoms. The third-order valence-electron chi connectivity index (χ3n) is 2.17. The van der Waals surface area contributed by atoms with Crippen LogP contribution >= 0.6 is 43.2 Å². The molecule has 0 fully saturated rings. The summed E-state index contributed by atoms with van der Waals surface area (Å²) in [5.41, 5.74) is 6.59. The average Bonchev–Trinajstić information content (AvgIpc) is 2.71. The lowest BCUT2D eigenvalue weighted by molar-refractivity contribution is 0.603. The summed E-state index contributed by atoms with van der Waals surface area (Å²) >= 11 is 7.67. The maximum absolute atomic E-state index is 12.2. The minimum absolute atomic E-state index is 0.167. The van der Waals surface area contributed by atoms with Crippen LogP contribution in [0.25, 0.3) is 0 Å². The molecular weight excluding hydrogens is 418 g/mol. The lowest BCUT2D eigenvalue weighted by Crippen LogP contribution is -2.12. The Morgan fingerprint density at radius 1 is 1.32 bits per heavy atom. The van der Waals surface area contributed by atoms with E-state index in [9.17, 15) is 8.42 Å². The molecular formula is C10H9Br2N3O2S2. The van der Waals surface area contributed by atoms with Crippen LogP contribution in [0.1, 0.15) is 5.01 Å². The van der Waals surface area contributed by atoms with Crippen molar-refractivity contribution in [3.8, 4) is 0 Å². The van der Waals surface area contributed by atoms with E-state index in [1.54, 1.807) is 19.1 Å². The first kappa shape index (κ1) is 14.8. The third kappa shape index (κ3) is 3.28. The van der Waals surface area contributed by atoms with E-state index in [0.717, 1.165) is 11.3 Å². The molecule has 0 aliphatic rings. The molecule has 0 unspecified atom stereocenters. The summed E-state index contributed by atoms with van der Waals surface area (Å²) in [6, 6.07) is 3.25. The highest BCUT2D eigenvalue weighted by atomic mass is 79.9. The fourth-order valence-corrected chi connectivity index (χ4v) is 5.23. The number of hydrogen-bond donors (Lipinski definition) is 2. The number of nitrogens with one attached hydrogen (secondary N) is 1. The van der Waals surface area contributed by atoms with Crippen molar-refractivity contribution in [2.24, 2.45) is 0 Å². The van der Waals surface area contributed by atoms with Crippen molar-refractivity contribution in [2.75, 3.05) is 10.5 Å². The SMILES string of the molecule is Cc1ncc(S(=O)(=O)Nc2c(Br)cc(N)cc2Br)s1. The Bertz CT molecular complexity index is 705. The van der Waals surface area contributed by atoms with Crippen molar-refractivity contribution >= 4 is 64.6 Å². The van der Waals surface area contributed by atoms with Crippen molar-refractivity contribution in [1.82, 2.24) is 4.98 Å². The monoisotopic (exact) mass is 425 g/mol.